The van der Waals surface area contributed by atoms with Crippen molar-refractivity contribution in [2.75, 3.05) is 16.8 Å². The molecule has 2 heterocycles. The Morgan fingerprint density at radius 1 is 1.40 bits per heavy atom. The molecule has 1 fully saturated rings. The summed E-state index contributed by atoms with van der Waals surface area (Å²) in [6, 6.07) is 7.77. The lowest BCUT2D eigenvalue weighted by molar-refractivity contribution is -0.122. The average molecular weight is 358 g/mol. The van der Waals surface area contributed by atoms with Crippen LogP contribution in [0.1, 0.15) is 36.8 Å². The van der Waals surface area contributed by atoms with E-state index < -0.39 is 0 Å². The van der Waals surface area contributed by atoms with Crippen molar-refractivity contribution >= 4 is 34.0 Å². The zero-order valence-electron chi connectivity index (χ0n) is 14.5. The lowest BCUT2D eigenvalue weighted by Gasteiger charge is -2.17. The molecule has 6 nitrogen and oxygen atoms in total. The maximum absolute atomic E-state index is 12.5. The largest absolute Gasteiger partial charge is 0.312 e. The summed E-state index contributed by atoms with van der Waals surface area (Å²) < 4.78 is 0. The maximum Gasteiger partial charge on any atom is 0.231 e. The van der Waals surface area contributed by atoms with Crippen molar-refractivity contribution in [1.82, 2.24) is 10.2 Å². The molecule has 1 aromatic carbocycles. The molecule has 0 saturated carbocycles. The third-order valence-corrected chi connectivity index (χ3v) is 5.15. The van der Waals surface area contributed by atoms with Crippen LogP contribution in [0, 0.1) is 12.8 Å². The molecular formula is C18H22N4O2S. The number of rotatable bonds is 6. The average Bonchev–Trinajstić information content (AvgIpc) is 3.19. The van der Waals surface area contributed by atoms with Gasteiger partial charge in [-0.2, -0.15) is 0 Å². The van der Waals surface area contributed by atoms with E-state index >= 15 is 0 Å². The van der Waals surface area contributed by atoms with Gasteiger partial charge in [0.05, 0.1) is 5.92 Å². The van der Waals surface area contributed by atoms with E-state index in [1.807, 2.05) is 31.2 Å². The van der Waals surface area contributed by atoms with E-state index in [2.05, 4.69) is 22.4 Å². The number of hydrogen-bond acceptors (Lipinski definition) is 5. The molecule has 132 valence electrons. The van der Waals surface area contributed by atoms with E-state index in [9.17, 15) is 9.59 Å². The summed E-state index contributed by atoms with van der Waals surface area (Å²) in [5.41, 5.74) is 1.93. The van der Waals surface area contributed by atoms with E-state index in [0.717, 1.165) is 35.5 Å². The summed E-state index contributed by atoms with van der Waals surface area (Å²) >= 11 is 1.41. The molecule has 1 atom stereocenters. The number of anilines is 2. The van der Waals surface area contributed by atoms with Crippen LogP contribution >= 0.6 is 11.3 Å². The first-order valence-electron chi connectivity index (χ1n) is 8.57. The quantitative estimate of drug-likeness (QED) is 0.860. The molecule has 2 aromatic rings. The lowest BCUT2D eigenvalue weighted by atomic mass is 10.1. The number of nitrogens with zero attached hydrogens (tertiary/aromatic N) is 3. The van der Waals surface area contributed by atoms with Crippen molar-refractivity contribution in [3.8, 4) is 0 Å². The van der Waals surface area contributed by atoms with Crippen LogP contribution in [0.25, 0.3) is 0 Å². The van der Waals surface area contributed by atoms with Crippen molar-refractivity contribution in [2.45, 2.75) is 39.5 Å². The molecule has 0 spiro atoms. The standard InChI is InChI=1S/C18H22N4O2S/c1-3-4-8-15-20-21-18(25-15)19-17(24)13-10-16(23)22(11-13)14-7-5-6-12(2)9-14/h5-7,9,13H,3-4,8,10-11H2,1-2H3,(H,19,21,24). The van der Waals surface area contributed by atoms with Gasteiger partial charge in [-0.15, -0.1) is 10.2 Å². The Balaban J connectivity index is 1.62. The van der Waals surface area contributed by atoms with Gasteiger partial charge in [-0.3, -0.25) is 9.59 Å². The highest BCUT2D eigenvalue weighted by Crippen LogP contribution is 2.27. The highest BCUT2D eigenvalue weighted by Gasteiger charge is 2.35. The molecule has 3 rings (SSSR count). The summed E-state index contributed by atoms with van der Waals surface area (Å²) in [5, 5.41) is 12.4. The minimum atomic E-state index is -0.365. The van der Waals surface area contributed by atoms with Gasteiger partial charge in [-0.1, -0.05) is 36.8 Å². The van der Waals surface area contributed by atoms with Gasteiger partial charge in [-0.25, -0.2) is 0 Å². The SMILES string of the molecule is CCCCc1nnc(NC(=O)C2CC(=O)N(c3cccc(C)c3)C2)s1. The van der Waals surface area contributed by atoms with Crippen molar-refractivity contribution < 1.29 is 9.59 Å². The summed E-state index contributed by atoms with van der Waals surface area (Å²) in [6.45, 7) is 4.51. The van der Waals surface area contributed by atoms with Gasteiger partial charge in [-0.05, 0) is 31.0 Å². The molecule has 1 N–H and O–H groups in total. The van der Waals surface area contributed by atoms with Gasteiger partial charge in [0.15, 0.2) is 0 Å². The van der Waals surface area contributed by atoms with Gasteiger partial charge < -0.3 is 10.2 Å². The van der Waals surface area contributed by atoms with Gasteiger partial charge in [0, 0.05) is 25.1 Å². The van der Waals surface area contributed by atoms with Crippen LogP contribution in [0.2, 0.25) is 0 Å². The second kappa shape index (κ2) is 7.74. The highest BCUT2D eigenvalue weighted by molar-refractivity contribution is 7.15. The Hall–Kier alpha value is -2.28. The van der Waals surface area contributed by atoms with Crippen molar-refractivity contribution in [2.24, 2.45) is 5.92 Å². The Morgan fingerprint density at radius 2 is 2.24 bits per heavy atom. The third-order valence-electron chi connectivity index (χ3n) is 4.25. The first-order valence-corrected chi connectivity index (χ1v) is 9.38. The van der Waals surface area contributed by atoms with Gasteiger partial charge in [0.1, 0.15) is 5.01 Å². The zero-order valence-corrected chi connectivity index (χ0v) is 15.3. The predicted octanol–water partition coefficient (Wildman–Crippen LogP) is 3.18. The number of amides is 2. The van der Waals surface area contributed by atoms with Crippen LogP contribution in [0.5, 0.6) is 0 Å². The summed E-state index contributed by atoms with van der Waals surface area (Å²) in [6.07, 6.45) is 3.26. The second-order valence-electron chi connectivity index (χ2n) is 6.34. The monoisotopic (exact) mass is 358 g/mol. The third kappa shape index (κ3) is 4.22. The smallest absolute Gasteiger partial charge is 0.231 e. The van der Waals surface area contributed by atoms with E-state index in [-0.39, 0.29) is 24.2 Å². The number of unbranched alkanes of at least 4 members (excludes halogenated alkanes) is 1. The molecule has 2 amide bonds. The maximum atomic E-state index is 12.5. The molecular weight excluding hydrogens is 336 g/mol. The highest BCUT2D eigenvalue weighted by atomic mass is 32.1. The van der Waals surface area contributed by atoms with Crippen LogP contribution in [-0.4, -0.2) is 28.6 Å². The Kier molecular flexibility index (Phi) is 5.43. The number of benzene rings is 1. The molecule has 1 saturated heterocycles. The van der Waals surface area contributed by atoms with Crippen LogP contribution in [0.4, 0.5) is 10.8 Å². The first-order chi connectivity index (χ1) is 12.1. The summed E-state index contributed by atoms with van der Waals surface area (Å²) in [5.74, 6) is -0.552. The van der Waals surface area contributed by atoms with Gasteiger partial charge >= 0.3 is 0 Å². The fraction of sp³-hybridized carbons (Fsp3) is 0.444. The van der Waals surface area contributed by atoms with Crippen LogP contribution in [0.15, 0.2) is 24.3 Å². The number of carbonyl (C=O) groups excluding carboxylic acids is 2. The van der Waals surface area contributed by atoms with E-state index in [1.165, 1.54) is 11.3 Å². The summed E-state index contributed by atoms with van der Waals surface area (Å²) in [7, 11) is 0. The molecule has 1 unspecified atom stereocenters. The minimum absolute atomic E-state index is 0.0216. The number of aryl methyl sites for hydroxylation is 2. The van der Waals surface area contributed by atoms with E-state index in [4.69, 9.17) is 0 Å². The Morgan fingerprint density at radius 3 is 3.00 bits per heavy atom. The molecule has 1 aromatic heterocycles. The normalized spacial score (nSPS) is 17.1. The molecule has 1 aliphatic rings. The molecule has 25 heavy (non-hydrogen) atoms. The number of aromatic nitrogens is 2. The van der Waals surface area contributed by atoms with E-state index in [1.54, 1.807) is 4.90 Å². The molecule has 0 radical (unpaired) electrons. The molecule has 1 aliphatic heterocycles. The van der Waals surface area contributed by atoms with Crippen molar-refractivity contribution in [3.63, 3.8) is 0 Å². The van der Waals surface area contributed by atoms with Crippen LogP contribution < -0.4 is 10.2 Å². The fourth-order valence-corrected chi connectivity index (χ4v) is 3.65. The second-order valence-corrected chi connectivity index (χ2v) is 7.40. The number of carbonyl (C=O) groups is 2. The van der Waals surface area contributed by atoms with Crippen LogP contribution in [0.3, 0.4) is 0 Å². The topological polar surface area (TPSA) is 75.2 Å². The zero-order chi connectivity index (χ0) is 17.8. The van der Waals surface area contributed by atoms with Crippen molar-refractivity contribution in [3.05, 3.63) is 34.8 Å². The van der Waals surface area contributed by atoms with E-state index in [0.29, 0.717) is 11.7 Å². The lowest BCUT2D eigenvalue weighted by Crippen LogP contribution is -2.28. The van der Waals surface area contributed by atoms with Crippen molar-refractivity contribution in [1.29, 1.82) is 0 Å². The molecule has 0 aliphatic carbocycles. The molecule has 0 bridgehead atoms. The Labute approximate surface area is 151 Å². The van der Waals surface area contributed by atoms with Crippen LogP contribution in [-0.2, 0) is 16.0 Å². The fourth-order valence-electron chi connectivity index (χ4n) is 2.87. The predicted molar refractivity (Wildman–Crippen MR) is 98.8 cm³/mol. The Bertz CT molecular complexity index is 774. The number of nitrogens with one attached hydrogen (secondary N) is 1. The summed E-state index contributed by atoms with van der Waals surface area (Å²) in [4.78, 5) is 26.5. The first kappa shape index (κ1) is 17.5. The van der Waals surface area contributed by atoms with Gasteiger partial charge in [0.25, 0.3) is 0 Å². The minimum Gasteiger partial charge on any atom is -0.312 e. The van der Waals surface area contributed by atoms with Gasteiger partial charge in [0.2, 0.25) is 16.9 Å². The molecule has 7 heteroatoms. The number of hydrogen-bond donors (Lipinski definition) is 1.